The number of rotatable bonds is 6. The maximum absolute atomic E-state index is 12.7. The largest absolute Gasteiger partial charge is 0.508 e. The first kappa shape index (κ1) is 21.4. The lowest BCUT2D eigenvalue weighted by Gasteiger charge is -2.33. The van der Waals surface area contributed by atoms with Crippen molar-refractivity contribution in [2.75, 3.05) is 33.3 Å². The number of hydrogen-bond donors (Lipinski definition) is 1. The van der Waals surface area contributed by atoms with Gasteiger partial charge in [0.15, 0.2) is 0 Å². The van der Waals surface area contributed by atoms with Gasteiger partial charge in [-0.15, -0.1) is 0 Å². The Bertz CT molecular complexity index is 1180. The third-order valence-corrected chi connectivity index (χ3v) is 7.19. The first-order valence-corrected chi connectivity index (χ1v) is 11.7. The molecule has 1 heterocycles. The van der Waals surface area contributed by atoms with E-state index in [0.717, 1.165) is 27.6 Å². The Morgan fingerprint density at radius 2 is 1.71 bits per heavy atom. The van der Waals surface area contributed by atoms with E-state index in [9.17, 15) is 13.5 Å². The molecule has 3 aromatic rings. The first-order valence-electron chi connectivity index (χ1n) is 10.2. The molecule has 1 aliphatic heterocycles. The Hall–Kier alpha value is -2.87. The minimum absolute atomic E-state index is 0.238. The lowest BCUT2D eigenvalue weighted by Crippen LogP contribution is -2.47. The second kappa shape index (κ2) is 9.09. The van der Waals surface area contributed by atoms with Gasteiger partial charge >= 0.3 is 0 Å². The average Bonchev–Trinajstić information content (AvgIpc) is 2.80. The van der Waals surface area contributed by atoms with Crippen LogP contribution < -0.4 is 4.74 Å². The van der Waals surface area contributed by atoms with E-state index in [-0.39, 0.29) is 5.75 Å². The number of hydrogen-bond acceptors (Lipinski definition) is 5. The summed E-state index contributed by atoms with van der Waals surface area (Å²) >= 11 is 0. The summed E-state index contributed by atoms with van der Waals surface area (Å²) in [7, 11) is -1.85. The van der Waals surface area contributed by atoms with Gasteiger partial charge in [-0.05, 0) is 40.6 Å². The molecule has 1 N–H and O–H groups in total. The molecule has 0 unspecified atom stereocenters. The maximum atomic E-state index is 12.7. The lowest BCUT2D eigenvalue weighted by molar-refractivity contribution is 0.181. The van der Waals surface area contributed by atoms with Gasteiger partial charge in [-0.1, -0.05) is 42.5 Å². The number of ether oxygens (including phenoxy) is 1. The highest BCUT2D eigenvalue weighted by Gasteiger charge is 2.25. The molecule has 0 atom stereocenters. The number of phenolic OH excluding ortho intramolecular Hbond substituents is 1. The Labute approximate surface area is 183 Å². The molecule has 0 aromatic heterocycles. The standard InChI is InChI=1S/C24H26N2O4S/c1-30-21-9-7-20-8-10-24(27)23(22(20)17-21)18-25-12-14-26(15-13-25)31(28,29)16-11-19-5-3-2-4-6-19/h2-11,16-17,27H,12-15,18H2,1H3/b16-11+. The fourth-order valence-electron chi connectivity index (χ4n) is 3.82. The fraction of sp³-hybridized carbons (Fsp3) is 0.250. The van der Waals surface area contributed by atoms with Crippen molar-refractivity contribution in [3.8, 4) is 11.5 Å². The van der Waals surface area contributed by atoms with Crippen LogP contribution in [-0.2, 0) is 16.6 Å². The van der Waals surface area contributed by atoms with Crippen molar-refractivity contribution in [2.24, 2.45) is 0 Å². The molecule has 31 heavy (non-hydrogen) atoms. The molecule has 0 spiro atoms. The normalized spacial score (nSPS) is 16.2. The van der Waals surface area contributed by atoms with Gasteiger partial charge in [-0.3, -0.25) is 4.90 Å². The van der Waals surface area contributed by atoms with Crippen molar-refractivity contribution in [1.82, 2.24) is 9.21 Å². The predicted molar refractivity (Wildman–Crippen MR) is 123 cm³/mol. The minimum atomic E-state index is -3.47. The molecule has 1 fully saturated rings. The van der Waals surface area contributed by atoms with Crippen molar-refractivity contribution in [2.45, 2.75) is 6.54 Å². The smallest absolute Gasteiger partial charge is 0.236 e. The lowest BCUT2D eigenvalue weighted by atomic mass is 10.0. The average molecular weight is 439 g/mol. The molecule has 0 bridgehead atoms. The summed E-state index contributed by atoms with van der Waals surface area (Å²) in [6, 6.07) is 18.8. The molecular weight excluding hydrogens is 412 g/mol. The number of phenols is 1. The van der Waals surface area contributed by atoms with Gasteiger partial charge < -0.3 is 9.84 Å². The van der Waals surface area contributed by atoms with Crippen LogP contribution in [0.4, 0.5) is 0 Å². The number of benzene rings is 3. The van der Waals surface area contributed by atoms with Gasteiger partial charge in [0.2, 0.25) is 10.0 Å². The fourth-order valence-corrected chi connectivity index (χ4v) is 5.00. The van der Waals surface area contributed by atoms with E-state index in [1.807, 2.05) is 54.6 Å². The zero-order valence-corrected chi connectivity index (χ0v) is 18.3. The second-order valence-electron chi connectivity index (χ2n) is 7.58. The Kier molecular flexibility index (Phi) is 6.27. The molecule has 0 saturated carbocycles. The van der Waals surface area contributed by atoms with Crippen molar-refractivity contribution >= 4 is 26.9 Å². The van der Waals surface area contributed by atoms with Crippen molar-refractivity contribution in [3.63, 3.8) is 0 Å². The third kappa shape index (κ3) is 4.90. The van der Waals surface area contributed by atoms with E-state index in [2.05, 4.69) is 4.90 Å². The molecule has 0 radical (unpaired) electrons. The minimum Gasteiger partial charge on any atom is -0.508 e. The number of methoxy groups -OCH3 is 1. The van der Waals surface area contributed by atoms with E-state index >= 15 is 0 Å². The van der Waals surface area contributed by atoms with E-state index in [1.165, 1.54) is 9.71 Å². The molecule has 3 aromatic carbocycles. The molecule has 1 saturated heterocycles. The highest BCUT2D eigenvalue weighted by atomic mass is 32.2. The maximum Gasteiger partial charge on any atom is 0.236 e. The van der Waals surface area contributed by atoms with Crippen LogP contribution in [0.15, 0.2) is 66.1 Å². The van der Waals surface area contributed by atoms with Crippen LogP contribution in [0, 0.1) is 0 Å². The molecule has 7 heteroatoms. The Morgan fingerprint density at radius 3 is 2.42 bits per heavy atom. The van der Waals surface area contributed by atoms with E-state index in [0.29, 0.717) is 32.7 Å². The first-order chi connectivity index (χ1) is 15.0. The Balaban J connectivity index is 1.45. The van der Waals surface area contributed by atoms with Crippen LogP contribution in [0.1, 0.15) is 11.1 Å². The molecule has 0 amide bonds. The van der Waals surface area contributed by atoms with Crippen LogP contribution in [0.25, 0.3) is 16.8 Å². The van der Waals surface area contributed by atoms with Gasteiger partial charge in [0, 0.05) is 43.7 Å². The second-order valence-corrected chi connectivity index (χ2v) is 9.40. The molecular formula is C24H26N2O4S. The van der Waals surface area contributed by atoms with Crippen molar-refractivity contribution in [1.29, 1.82) is 0 Å². The number of nitrogens with zero attached hydrogens (tertiary/aromatic N) is 2. The zero-order valence-electron chi connectivity index (χ0n) is 17.4. The topological polar surface area (TPSA) is 70.1 Å². The number of aromatic hydroxyl groups is 1. The molecule has 1 aliphatic rings. The summed E-state index contributed by atoms with van der Waals surface area (Å²) in [5.41, 5.74) is 1.68. The van der Waals surface area contributed by atoms with Crippen molar-refractivity contribution in [3.05, 3.63) is 77.2 Å². The van der Waals surface area contributed by atoms with Crippen LogP contribution >= 0.6 is 0 Å². The van der Waals surface area contributed by atoms with Gasteiger partial charge in [-0.25, -0.2) is 8.42 Å². The highest BCUT2D eigenvalue weighted by molar-refractivity contribution is 7.92. The molecule has 0 aliphatic carbocycles. The Morgan fingerprint density at radius 1 is 1.00 bits per heavy atom. The molecule has 4 rings (SSSR count). The van der Waals surface area contributed by atoms with E-state index in [4.69, 9.17) is 4.74 Å². The van der Waals surface area contributed by atoms with Gasteiger partial charge in [0.1, 0.15) is 11.5 Å². The van der Waals surface area contributed by atoms with Gasteiger partial charge in [0.05, 0.1) is 7.11 Å². The zero-order chi connectivity index (χ0) is 21.8. The summed E-state index contributed by atoms with van der Waals surface area (Å²) in [4.78, 5) is 2.17. The monoisotopic (exact) mass is 438 g/mol. The van der Waals surface area contributed by atoms with Crippen LogP contribution in [-0.4, -0.2) is 56.0 Å². The van der Waals surface area contributed by atoms with E-state index in [1.54, 1.807) is 19.3 Å². The summed E-state index contributed by atoms with van der Waals surface area (Å²) < 4.78 is 32.2. The number of fused-ring (bicyclic) bond motifs is 1. The summed E-state index contributed by atoms with van der Waals surface area (Å²) in [5.74, 6) is 0.974. The number of sulfonamides is 1. The summed E-state index contributed by atoms with van der Waals surface area (Å²) in [5, 5.41) is 13.7. The van der Waals surface area contributed by atoms with Gasteiger partial charge in [0.25, 0.3) is 0 Å². The third-order valence-electron chi connectivity index (χ3n) is 5.62. The summed E-state index contributed by atoms with van der Waals surface area (Å²) in [6.45, 7) is 2.56. The number of piperazine rings is 1. The quantitative estimate of drug-likeness (QED) is 0.636. The molecule has 6 nitrogen and oxygen atoms in total. The SMILES string of the molecule is COc1ccc2ccc(O)c(CN3CCN(S(=O)(=O)/C=C/c4ccccc4)CC3)c2c1. The van der Waals surface area contributed by atoms with Crippen LogP contribution in [0.5, 0.6) is 11.5 Å². The van der Waals surface area contributed by atoms with Gasteiger partial charge in [-0.2, -0.15) is 4.31 Å². The van der Waals surface area contributed by atoms with Crippen molar-refractivity contribution < 1.29 is 18.3 Å². The molecule has 162 valence electrons. The predicted octanol–water partition coefficient (Wildman–Crippen LogP) is 3.67. The van der Waals surface area contributed by atoms with E-state index < -0.39 is 10.0 Å². The summed E-state index contributed by atoms with van der Waals surface area (Å²) in [6.07, 6.45) is 1.63. The van der Waals surface area contributed by atoms with Crippen LogP contribution in [0.2, 0.25) is 0 Å². The highest BCUT2D eigenvalue weighted by Crippen LogP contribution is 2.31. The van der Waals surface area contributed by atoms with Crippen LogP contribution in [0.3, 0.4) is 0 Å².